The number of halogens is 2. The minimum Gasteiger partial charge on any atom is -0.497 e. The van der Waals surface area contributed by atoms with Crippen LogP contribution in [0.5, 0.6) is 5.75 Å². The van der Waals surface area contributed by atoms with E-state index in [4.69, 9.17) is 4.74 Å². The lowest BCUT2D eigenvalue weighted by Crippen LogP contribution is -2.41. The summed E-state index contributed by atoms with van der Waals surface area (Å²) in [6.07, 6.45) is 3.05. The van der Waals surface area contributed by atoms with Crippen molar-refractivity contribution in [3.63, 3.8) is 0 Å². The van der Waals surface area contributed by atoms with E-state index in [1.165, 1.54) is 12.1 Å². The number of carbonyl (C=O) groups is 1. The normalized spacial score (nSPS) is 18.7. The van der Waals surface area contributed by atoms with Gasteiger partial charge in [-0.15, -0.1) is 0 Å². The van der Waals surface area contributed by atoms with Crippen molar-refractivity contribution in [2.24, 2.45) is 11.8 Å². The number of aromatic nitrogens is 1. The molecule has 0 radical (unpaired) electrons. The molecule has 194 valence electrons. The van der Waals surface area contributed by atoms with Crippen molar-refractivity contribution in [1.82, 2.24) is 9.88 Å². The average Bonchev–Trinajstić information content (AvgIpc) is 2.90. The van der Waals surface area contributed by atoms with E-state index < -0.39 is 12.1 Å². The summed E-state index contributed by atoms with van der Waals surface area (Å²) in [5, 5.41) is 10.0. The first kappa shape index (κ1) is 26.6. The number of carboxylic acid groups (broad SMARTS) is 1. The molecule has 7 heteroatoms. The van der Waals surface area contributed by atoms with Crippen molar-refractivity contribution >= 4 is 16.9 Å². The van der Waals surface area contributed by atoms with Crippen molar-refractivity contribution in [2.45, 2.75) is 38.3 Å². The van der Waals surface area contributed by atoms with Crippen LogP contribution < -0.4 is 4.74 Å². The first-order valence-electron chi connectivity index (χ1n) is 12.7. The molecule has 2 heterocycles. The molecule has 1 N–H and O–H groups in total. The van der Waals surface area contributed by atoms with Gasteiger partial charge in [-0.05, 0) is 92.1 Å². The number of alkyl halides is 1. The van der Waals surface area contributed by atoms with Gasteiger partial charge in [0.25, 0.3) is 0 Å². The molecular formula is C30H32F2N2O3. The topological polar surface area (TPSA) is 62.7 Å². The van der Waals surface area contributed by atoms with Gasteiger partial charge >= 0.3 is 5.97 Å². The predicted molar refractivity (Wildman–Crippen MR) is 140 cm³/mol. The fraction of sp³-hybridized carbons (Fsp3) is 0.400. The molecule has 1 aromatic heterocycles. The number of rotatable bonds is 9. The molecule has 0 aliphatic carbocycles. The van der Waals surface area contributed by atoms with Gasteiger partial charge in [0, 0.05) is 30.1 Å². The van der Waals surface area contributed by atoms with Gasteiger partial charge in [-0.25, -0.2) is 8.78 Å². The number of pyridine rings is 1. The quantitative estimate of drug-likeness (QED) is 0.359. The van der Waals surface area contributed by atoms with Crippen molar-refractivity contribution in [3.8, 4) is 17.6 Å². The highest BCUT2D eigenvalue weighted by atomic mass is 19.1. The highest BCUT2D eigenvalue weighted by Gasteiger charge is 2.30. The number of benzene rings is 2. The summed E-state index contributed by atoms with van der Waals surface area (Å²) < 4.78 is 34.2. The minimum absolute atomic E-state index is 0.0951. The van der Waals surface area contributed by atoms with Crippen LogP contribution in [0.1, 0.15) is 49.4 Å². The second-order valence-electron chi connectivity index (χ2n) is 9.62. The third-order valence-electron chi connectivity index (χ3n) is 7.18. The maximum absolute atomic E-state index is 15.5. The summed E-state index contributed by atoms with van der Waals surface area (Å²) in [5.41, 5.74) is 1.97. The molecule has 2 unspecified atom stereocenters. The summed E-state index contributed by atoms with van der Waals surface area (Å²) >= 11 is 0. The van der Waals surface area contributed by atoms with Gasteiger partial charge < -0.3 is 9.84 Å². The van der Waals surface area contributed by atoms with Crippen LogP contribution in [0.3, 0.4) is 0 Å². The molecule has 37 heavy (non-hydrogen) atoms. The third kappa shape index (κ3) is 7.27. The number of aliphatic carboxylic acids is 1. The van der Waals surface area contributed by atoms with E-state index in [0.717, 1.165) is 30.4 Å². The number of piperidine rings is 1. The molecule has 0 spiro atoms. The molecule has 1 saturated heterocycles. The van der Waals surface area contributed by atoms with Crippen molar-refractivity contribution in [2.75, 3.05) is 26.7 Å². The van der Waals surface area contributed by atoms with Crippen LogP contribution in [-0.4, -0.2) is 47.7 Å². The number of fused-ring (bicyclic) bond motifs is 1. The SMILES string of the molecule is COc1ccc2nccc([C@@H](F)CCC3CCN(CC#Cc4cccc(F)c4)CC3CCC(=O)O)c2c1. The molecule has 0 amide bonds. The lowest BCUT2D eigenvalue weighted by molar-refractivity contribution is -0.137. The Bertz CT molecular complexity index is 1290. The smallest absolute Gasteiger partial charge is 0.303 e. The highest BCUT2D eigenvalue weighted by molar-refractivity contribution is 5.83. The summed E-state index contributed by atoms with van der Waals surface area (Å²) in [7, 11) is 1.58. The summed E-state index contributed by atoms with van der Waals surface area (Å²) in [6.45, 7) is 2.07. The van der Waals surface area contributed by atoms with E-state index in [0.29, 0.717) is 42.7 Å². The van der Waals surface area contributed by atoms with Gasteiger partial charge in [-0.1, -0.05) is 17.9 Å². The van der Waals surface area contributed by atoms with Gasteiger partial charge in [-0.2, -0.15) is 0 Å². The second kappa shape index (κ2) is 12.6. The van der Waals surface area contributed by atoms with Crippen LogP contribution in [0, 0.1) is 29.5 Å². The molecule has 3 atom stereocenters. The van der Waals surface area contributed by atoms with Gasteiger partial charge in [0.1, 0.15) is 17.7 Å². The molecule has 0 bridgehead atoms. The number of hydrogen-bond donors (Lipinski definition) is 1. The van der Waals surface area contributed by atoms with Gasteiger partial charge in [0.05, 0.1) is 19.2 Å². The van der Waals surface area contributed by atoms with Crippen LogP contribution in [-0.2, 0) is 4.79 Å². The van der Waals surface area contributed by atoms with Crippen LogP contribution in [0.2, 0.25) is 0 Å². The molecule has 1 fully saturated rings. The molecule has 0 saturated carbocycles. The molecule has 4 rings (SSSR count). The highest BCUT2D eigenvalue weighted by Crippen LogP contribution is 2.36. The Hall–Kier alpha value is -3.50. The minimum atomic E-state index is -1.15. The van der Waals surface area contributed by atoms with Crippen molar-refractivity contribution < 1.29 is 23.4 Å². The van der Waals surface area contributed by atoms with Gasteiger partial charge in [0.15, 0.2) is 0 Å². The van der Waals surface area contributed by atoms with E-state index in [1.807, 2.05) is 18.2 Å². The number of carboxylic acids is 1. The molecule has 5 nitrogen and oxygen atoms in total. The van der Waals surface area contributed by atoms with E-state index in [9.17, 15) is 14.3 Å². The van der Waals surface area contributed by atoms with E-state index in [2.05, 4.69) is 21.7 Å². The van der Waals surface area contributed by atoms with E-state index in [-0.39, 0.29) is 24.1 Å². The fourth-order valence-corrected chi connectivity index (χ4v) is 5.20. The van der Waals surface area contributed by atoms with Crippen LogP contribution in [0.25, 0.3) is 10.9 Å². The zero-order chi connectivity index (χ0) is 26.2. The van der Waals surface area contributed by atoms with Gasteiger partial charge in [0.2, 0.25) is 0 Å². The van der Waals surface area contributed by atoms with E-state index in [1.54, 1.807) is 31.5 Å². The average molecular weight is 507 g/mol. The Morgan fingerprint density at radius 2 is 2.08 bits per heavy atom. The monoisotopic (exact) mass is 506 g/mol. The van der Waals surface area contributed by atoms with E-state index >= 15 is 4.39 Å². The second-order valence-corrected chi connectivity index (χ2v) is 9.62. The van der Waals surface area contributed by atoms with Gasteiger partial charge in [-0.3, -0.25) is 14.7 Å². The molecular weight excluding hydrogens is 474 g/mol. The molecule has 2 aromatic carbocycles. The van der Waals surface area contributed by atoms with Crippen LogP contribution >= 0.6 is 0 Å². The Labute approximate surface area is 216 Å². The molecule has 1 aliphatic heterocycles. The maximum atomic E-state index is 15.5. The zero-order valence-electron chi connectivity index (χ0n) is 21.0. The van der Waals surface area contributed by atoms with Crippen molar-refractivity contribution in [3.05, 3.63) is 71.7 Å². The third-order valence-corrected chi connectivity index (χ3v) is 7.18. The number of likely N-dealkylation sites (tertiary alicyclic amines) is 1. The fourth-order valence-electron chi connectivity index (χ4n) is 5.20. The van der Waals surface area contributed by atoms with Crippen molar-refractivity contribution in [1.29, 1.82) is 0 Å². The Balaban J connectivity index is 1.39. The lowest BCUT2D eigenvalue weighted by atomic mass is 9.79. The standard InChI is InChI=1S/C30H32F2N2O3/c1-37-25-9-11-29-27(19-25)26(13-15-33-29)28(32)10-7-22-14-17-34(20-23(22)8-12-30(35)36)16-3-5-21-4-2-6-24(31)18-21/h2,4,6,9,11,13,15,18-19,22-23,28H,7-8,10,12,14,16-17,20H2,1H3,(H,35,36)/t22?,23?,28-/m0/s1. The number of ether oxygens (including phenoxy) is 1. The predicted octanol–water partition coefficient (Wildman–Crippen LogP) is 6.03. The Kier molecular flexibility index (Phi) is 9.08. The maximum Gasteiger partial charge on any atom is 0.303 e. The Morgan fingerprint density at radius 1 is 1.22 bits per heavy atom. The lowest BCUT2D eigenvalue weighted by Gasteiger charge is -2.38. The largest absolute Gasteiger partial charge is 0.497 e. The number of methoxy groups -OCH3 is 1. The Morgan fingerprint density at radius 3 is 2.86 bits per heavy atom. The molecule has 1 aliphatic rings. The van der Waals surface area contributed by atoms with Crippen LogP contribution in [0.4, 0.5) is 8.78 Å². The summed E-state index contributed by atoms with van der Waals surface area (Å²) in [4.78, 5) is 17.8. The first-order chi connectivity index (χ1) is 17.9. The zero-order valence-corrected chi connectivity index (χ0v) is 21.0. The number of hydrogen-bond acceptors (Lipinski definition) is 4. The summed E-state index contributed by atoms with van der Waals surface area (Å²) in [5.74, 6) is 6.04. The van der Waals surface area contributed by atoms with Crippen LogP contribution in [0.15, 0.2) is 54.7 Å². The molecule has 3 aromatic rings. The summed E-state index contributed by atoms with van der Waals surface area (Å²) in [6, 6.07) is 13.4. The number of nitrogens with zero attached hydrogens (tertiary/aromatic N) is 2. The first-order valence-corrected chi connectivity index (χ1v) is 12.7.